The maximum Gasteiger partial charge on any atom is 0.129 e. The summed E-state index contributed by atoms with van der Waals surface area (Å²) in [7, 11) is -0.944. The average molecular weight is 241 g/mol. The van der Waals surface area contributed by atoms with Gasteiger partial charge in [-0.3, -0.25) is 4.21 Å². The van der Waals surface area contributed by atoms with Crippen LogP contribution in [-0.4, -0.2) is 9.46 Å². The minimum absolute atomic E-state index is 0.261. The molecule has 2 N–H and O–H groups in total. The average Bonchev–Trinajstić information content (AvgIpc) is 2.75. The lowest BCUT2D eigenvalue weighted by molar-refractivity contribution is 0.615. The first-order valence-corrected chi connectivity index (χ1v) is 6.96. The first-order chi connectivity index (χ1) is 7.66. The predicted octanol–water partition coefficient (Wildman–Crippen LogP) is 2.60. The van der Waals surface area contributed by atoms with Crippen molar-refractivity contribution >= 4 is 16.5 Å². The second kappa shape index (κ2) is 4.95. The van der Waals surface area contributed by atoms with Crippen LogP contribution in [0.2, 0.25) is 0 Å². The number of anilines is 1. The van der Waals surface area contributed by atoms with Crippen molar-refractivity contribution < 1.29 is 8.60 Å². The van der Waals surface area contributed by atoms with Gasteiger partial charge in [0.15, 0.2) is 0 Å². The van der Waals surface area contributed by atoms with Crippen LogP contribution in [0.1, 0.15) is 31.2 Å². The normalized spacial score (nSPS) is 18.8. The maximum atomic E-state index is 13.5. The molecule has 2 nitrogen and oxygen atoms in total. The molecule has 1 aromatic rings. The SMILES string of the molecule is Nc1ccc(CS(=O)C2CCCC2)c(F)c1. The molecule has 0 heterocycles. The molecule has 1 aliphatic carbocycles. The molecule has 1 aromatic carbocycles. The second-order valence-corrected chi connectivity index (χ2v) is 6.00. The summed E-state index contributed by atoms with van der Waals surface area (Å²) in [5.41, 5.74) is 6.39. The van der Waals surface area contributed by atoms with Gasteiger partial charge in [-0.2, -0.15) is 0 Å². The lowest BCUT2D eigenvalue weighted by atomic mass is 10.2. The molecule has 0 saturated heterocycles. The van der Waals surface area contributed by atoms with Crippen molar-refractivity contribution in [2.24, 2.45) is 0 Å². The van der Waals surface area contributed by atoms with Crippen molar-refractivity contribution in [2.75, 3.05) is 5.73 Å². The summed E-state index contributed by atoms with van der Waals surface area (Å²) in [5.74, 6) is -0.0251. The van der Waals surface area contributed by atoms with Crippen molar-refractivity contribution in [3.8, 4) is 0 Å². The van der Waals surface area contributed by atoms with Gasteiger partial charge in [0.25, 0.3) is 0 Å². The van der Waals surface area contributed by atoms with Gasteiger partial charge in [0.2, 0.25) is 0 Å². The van der Waals surface area contributed by atoms with Crippen molar-refractivity contribution in [3.05, 3.63) is 29.6 Å². The van der Waals surface area contributed by atoms with E-state index in [1.54, 1.807) is 12.1 Å². The van der Waals surface area contributed by atoms with E-state index in [4.69, 9.17) is 5.73 Å². The predicted molar refractivity (Wildman–Crippen MR) is 64.9 cm³/mol. The third-order valence-electron chi connectivity index (χ3n) is 3.05. The topological polar surface area (TPSA) is 43.1 Å². The van der Waals surface area contributed by atoms with Crippen LogP contribution in [0.5, 0.6) is 0 Å². The summed E-state index contributed by atoms with van der Waals surface area (Å²) >= 11 is 0. The first-order valence-electron chi connectivity index (χ1n) is 5.58. The lowest BCUT2D eigenvalue weighted by Gasteiger charge is -2.09. The number of rotatable bonds is 3. The van der Waals surface area contributed by atoms with Gasteiger partial charge >= 0.3 is 0 Å². The van der Waals surface area contributed by atoms with Crippen LogP contribution >= 0.6 is 0 Å². The molecule has 1 unspecified atom stereocenters. The Morgan fingerprint density at radius 1 is 1.38 bits per heavy atom. The fourth-order valence-corrected chi connectivity index (χ4v) is 3.74. The zero-order chi connectivity index (χ0) is 11.5. The Labute approximate surface area is 97.5 Å². The van der Waals surface area contributed by atoms with Crippen LogP contribution in [0.4, 0.5) is 10.1 Å². The number of hydrogen-bond donors (Lipinski definition) is 1. The minimum Gasteiger partial charge on any atom is -0.399 e. The van der Waals surface area contributed by atoms with Crippen LogP contribution in [-0.2, 0) is 16.6 Å². The van der Waals surface area contributed by atoms with Gasteiger partial charge in [-0.05, 0) is 25.0 Å². The molecule has 1 aliphatic rings. The van der Waals surface area contributed by atoms with Gasteiger partial charge in [0, 0.05) is 27.3 Å². The van der Waals surface area contributed by atoms with E-state index in [2.05, 4.69) is 0 Å². The van der Waals surface area contributed by atoms with Crippen molar-refractivity contribution in [1.29, 1.82) is 0 Å². The molecule has 2 rings (SSSR count). The monoisotopic (exact) mass is 241 g/mol. The molecular formula is C12H16FNOS. The molecular weight excluding hydrogens is 225 g/mol. The molecule has 1 atom stereocenters. The van der Waals surface area contributed by atoms with E-state index in [9.17, 15) is 8.60 Å². The van der Waals surface area contributed by atoms with E-state index < -0.39 is 10.8 Å². The van der Waals surface area contributed by atoms with E-state index in [-0.39, 0.29) is 11.1 Å². The first kappa shape index (κ1) is 11.6. The van der Waals surface area contributed by atoms with E-state index in [0.29, 0.717) is 17.0 Å². The van der Waals surface area contributed by atoms with Crippen molar-refractivity contribution in [3.63, 3.8) is 0 Å². The van der Waals surface area contributed by atoms with E-state index in [0.717, 1.165) is 25.7 Å². The zero-order valence-electron chi connectivity index (χ0n) is 9.12. The lowest BCUT2D eigenvalue weighted by Crippen LogP contribution is -2.13. The van der Waals surface area contributed by atoms with Crippen LogP contribution in [0.25, 0.3) is 0 Å². The molecule has 0 aromatic heterocycles. The highest BCUT2D eigenvalue weighted by atomic mass is 32.2. The van der Waals surface area contributed by atoms with Gasteiger partial charge in [-0.15, -0.1) is 0 Å². The van der Waals surface area contributed by atoms with Gasteiger partial charge in [-0.25, -0.2) is 4.39 Å². The number of benzene rings is 1. The van der Waals surface area contributed by atoms with Crippen LogP contribution in [0.15, 0.2) is 18.2 Å². The zero-order valence-corrected chi connectivity index (χ0v) is 9.93. The third-order valence-corrected chi connectivity index (χ3v) is 4.86. The highest BCUT2D eigenvalue weighted by Crippen LogP contribution is 2.25. The summed E-state index contributed by atoms with van der Waals surface area (Å²) in [6, 6.07) is 4.59. The maximum absolute atomic E-state index is 13.5. The molecule has 1 fully saturated rings. The Morgan fingerprint density at radius 3 is 2.69 bits per heavy atom. The number of nitrogens with two attached hydrogens (primary N) is 1. The minimum atomic E-state index is -0.944. The summed E-state index contributed by atoms with van der Waals surface area (Å²) in [5, 5.41) is 0.261. The third kappa shape index (κ3) is 2.61. The Bertz CT molecular complexity index is 402. The largest absolute Gasteiger partial charge is 0.399 e. The molecule has 0 bridgehead atoms. The van der Waals surface area contributed by atoms with Crippen LogP contribution in [0.3, 0.4) is 0 Å². The second-order valence-electron chi connectivity index (χ2n) is 4.28. The van der Waals surface area contributed by atoms with E-state index >= 15 is 0 Å². The summed E-state index contributed by atoms with van der Waals surface area (Å²) in [6.07, 6.45) is 4.34. The Kier molecular flexibility index (Phi) is 3.59. The fraction of sp³-hybridized carbons (Fsp3) is 0.500. The molecule has 88 valence electrons. The highest BCUT2D eigenvalue weighted by Gasteiger charge is 2.22. The summed E-state index contributed by atoms with van der Waals surface area (Å²) in [6.45, 7) is 0. The molecule has 16 heavy (non-hydrogen) atoms. The molecule has 1 saturated carbocycles. The van der Waals surface area contributed by atoms with Gasteiger partial charge in [0.1, 0.15) is 5.82 Å². The number of nitrogen functional groups attached to an aromatic ring is 1. The van der Waals surface area contributed by atoms with Crippen LogP contribution in [0, 0.1) is 5.82 Å². The van der Waals surface area contributed by atoms with Crippen molar-refractivity contribution in [1.82, 2.24) is 0 Å². The molecule has 0 aliphatic heterocycles. The van der Waals surface area contributed by atoms with Crippen LogP contribution < -0.4 is 5.73 Å². The van der Waals surface area contributed by atoms with Gasteiger partial charge in [0.05, 0.1) is 5.75 Å². The molecule has 0 spiro atoms. The van der Waals surface area contributed by atoms with E-state index in [1.807, 2.05) is 0 Å². The summed E-state index contributed by atoms with van der Waals surface area (Å²) < 4.78 is 25.4. The Hall–Kier alpha value is -0.900. The van der Waals surface area contributed by atoms with Gasteiger partial charge in [-0.1, -0.05) is 18.9 Å². The quantitative estimate of drug-likeness (QED) is 0.827. The molecule has 0 radical (unpaired) electrons. The highest BCUT2D eigenvalue weighted by molar-refractivity contribution is 7.84. The van der Waals surface area contributed by atoms with Gasteiger partial charge < -0.3 is 5.73 Å². The van der Waals surface area contributed by atoms with Crippen molar-refractivity contribution in [2.45, 2.75) is 36.7 Å². The summed E-state index contributed by atoms with van der Waals surface area (Å²) in [4.78, 5) is 0. The smallest absolute Gasteiger partial charge is 0.129 e. The standard InChI is InChI=1S/C12H16FNOS/c13-12-7-10(14)6-5-9(12)8-16(15)11-3-1-2-4-11/h5-7,11H,1-4,8,14H2. The number of hydrogen-bond acceptors (Lipinski definition) is 2. The number of halogens is 1. The Morgan fingerprint density at radius 2 is 2.06 bits per heavy atom. The molecule has 0 amide bonds. The fourth-order valence-electron chi connectivity index (χ4n) is 2.10. The Balaban J connectivity index is 2.05. The van der Waals surface area contributed by atoms with E-state index in [1.165, 1.54) is 6.07 Å². The molecule has 4 heteroatoms.